The molecule has 0 aliphatic rings. The molecule has 4 nitrogen and oxygen atoms in total. The average Bonchev–Trinajstić information content (AvgIpc) is 2.32. The maximum atomic E-state index is 11.4. The fourth-order valence-corrected chi connectivity index (χ4v) is 1.93. The highest BCUT2D eigenvalue weighted by Crippen LogP contribution is 2.28. The molecule has 1 aromatic carbocycles. The van der Waals surface area contributed by atoms with Crippen LogP contribution in [0, 0.1) is 0 Å². The lowest BCUT2D eigenvalue weighted by Crippen LogP contribution is -2.52. The van der Waals surface area contributed by atoms with Crippen LogP contribution < -0.4 is 5.32 Å². The minimum Gasteiger partial charge on any atom is -0.479 e. The van der Waals surface area contributed by atoms with Gasteiger partial charge in [-0.3, -0.25) is 0 Å². The molecule has 0 saturated carbocycles. The van der Waals surface area contributed by atoms with E-state index in [9.17, 15) is 9.90 Å². The van der Waals surface area contributed by atoms with Crippen molar-refractivity contribution in [2.75, 3.05) is 12.4 Å². The highest BCUT2D eigenvalue weighted by molar-refractivity contribution is 9.10. The topological polar surface area (TPSA) is 58.6 Å². The maximum Gasteiger partial charge on any atom is 0.331 e. The number of nitrogens with one attached hydrogen (secondary N) is 1. The van der Waals surface area contributed by atoms with Crippen LogP contribution in [0.4, 0.5) is 5.69 Å². The quantitative estimate of drug-likeness (QED) is 0.865. The van der Waals surface area contributed by atoms with Gasteiger partial charge in [0.25, 0.3) is 0 Å². The molecule has 0 aromatic heterocycles. The summed E-state index contributed by atoms with van der Waals surface area (Å²) < 4.78 is 5.82. The van der Waals surface area contributed by atoms with Gasteiger partial charge in [0.15, 0.2) is 5.54 Å². The smallest absolute Gasteiger partial charge is 0.331 e. The summed E-state index contributed by atoms with van der Waals surface area (Å²) in [4.78, 5) is 11.4. The van der Waals surface area contributed by atoms with Gasteiger partial charge in [0.1, 0.15) is 0 Å². The molecule has 1 rings (SSSR count). The van der Waals surface area contributed by atoms with Gasteiger partial charge >= 0.3 is 5.97 Å². The van der Waals surface area contributed by atoms with E-state index in [-0.39, 0.29) is 0 Å². The molecule has 1 aromatic rings. The largest absolute Gasteiger partial charge is 0.479 e. The zero-order chi connectivity index (χ0) is 13.9. The van der Waals surface area contributed by atoms with E-state index in [1.165, 1.54) is 7.11 Å². The first-order valence-corrected chi connectivity index (χ1v) is 6.47. The molecule has 100 valence electrons. The normalized spacial score (nSPS) is 15.8. The van der Waals surface area contributed by atoms with Gasteiger partial charge in [0, 0.05) is 17.3 Å². The molecule has 2 atom stereocenters. The van der Waals surface area contributed by atoms with Gasteiger partial charge in [-0.05, 0) is 48.0 Å². The molecule has 0 radical (unpaired) electrons. The Kier molecular flexibility index (Phi) is 5.01. The van der Waals surface area contributed by atoms with Crippen LogP contribution in [-0.2, 0) is 9.53 Å². The number of benzene rings is 1. The highest BCUT2D eigenvalue weighted by atomic mass is 79.9. The summed E-state index contributed by atoms with van der Waals surface area (Å²) in [5.41, 5.74) is -0.567. The number of rotatable bonds is 5. The van der Waals surface area contributed by atoms with Crippen molar-refractivity contribution in [3.05, 3.63) is 27.7 Å². The third-order valence-electron chi connectivity index (χ3n) is 2.93. The van der Waals surface area contributed by atoms with E-state index in [0.29, 0.717) is 15.2 Å². The molecule has 2 unspecified atom stereocenters. The number of carboxylic acids is 1. The van der Waals surface area contributed by atoms with Crippen molar-refractivity contribution in [2.45, 2.75) is 25.5 Å². The molecule has 0 amide bonds. The van der Waals surface area contributed by atoms with Crippen LogP contribution >= 0.6 is 27.5 Å². The molecule has 0 spiro atoms. The number of halogens is 2. The number of hydrogen-bond donors (Lipinski definition) is 2. The van der Waals surface area contributed by atoms with E-state index in [1.807, 2.05) is 0 Å². The minimum absolute atomic E-state index is 0.496. The molecule has 6 heteroatoms. The SMILES string of the molecule is COC(C)C(C)(Nc1ccc(Cl)c(Br)c1)C(=O)O. The molecule has 0 fully saturated rings. The molecule has 18 heavy (non-hydrogen) atoms. The highest BCUT2D eigenvalue weighted by Gasteiger charge is 2.39. The predicted molar refractivity (Wildman–Crippen MR) is 75.3 cm³/mol. The molecule has 0 aliphatic heterocycles. The van der Waals surface area contributed by atoms with Crippen LogP contribution in [0.15, 0.2) is 22.7 Å². The molecule has 0 saturated heterocycles. The number of hydrogen-bond acceptors (Lipinski definition) is 3. The number of ether oxygens (including phenoxy) is 1. The fourth-order valence-electron chi connectivity index (χ4n) is 1.44. The Labute approximate surface area is 119 Å². The van der Waals surface area contributed by atoms with Crippen LogP contribution in [0.5, 0.6) is 0 Å². The first-order valence-electron chi connectivity index (χ1n) is 5.30. The lowest BCUT2D eigenvalue weighted by Gasteiger charge is -2.32. The van der Waals surface area contributed by atoms with Gasteiger partial charge in [0.2, 0.25) is 0 Å². The van der Waals surface area contributed by atoms with E-state index in [0.717, 1.165) is 0 Å². The summed E-state index contributed by atoms with van der Waals surface area (Å²) in [5.74, 6) is -0.983. The van der Waals surface area contributed by atoms with Gasteiger partial charge < -0.3 is 15.2 Å². The monoisotopic (exact) mass is 335 g/mol. The van der Waals surface area contributed by atoms with Gasteiger partial charge in [-0.15, -0.1) is 0 Å². The summed E-state index contributed by atoms with van der Waals surface area (Å²) in [6, 6.07) is 5.14. The minimum atomic E-state index is -1.22. The van der Waals surface area contributed by atoms with E-state index in [2.05, 4.69) is 21.2 Å². The Hall–Kier alpha value is -0.780. The van der Waals surface area contributed by atoms with Crippen molar-refractivity contribution in [3.63, 3.8) is 0 Å². The van der Waals surface area contributed by atoms with Crippen LogP contribution in [0.25, 0.3) is 0 Å². The zero-order valence-corrected chi connectivity index (χ0v) is 12.7. The molecule has 0 heterocycles. The number of carboxylic acid groups (broad SMARTS) is 1. The van der Waals surface area contributed by atoms with Crippen LogP contribution in [0.2, 0.25) is 5.02 Å². The van der Waals surface area contributed by atoms with Crippen molar-refractivity contribution in [1.29, 1.82) is 0 Å². The number of methoxy groups -OCH3 is 1. The predicted octanol–water partition coefficient (Wildman–Crippen LogP) is 3.39. The standard InChI is InChI=1S/C12H15BrClNO3/c1-7(18-3)12(2,11(16)17)15-8-4-5-10(14)9(13)6-8/h4-7,15H,1-3H3,(H,16,17). The first-order chi connectivity index (χ1) is 8.31. The molecule has 0 aliphatic carbocycles. The van der Waals surface area contributed by atoms with Crippen molar-refractivity contribution in [3.8, 4) is 0 Å². The van der Waals surface area contributed by atoms with E-state index in [1.54, 1.807) is 32.0 Å². The number of aliphatic carboxylic acids is 1. The second-order valence-electron chi connectivity index (χ2n) is 4.14. The Bertz CT molecular complexity index is 455. The summed E-state index contributed by atoms with van der Waals surface area (Å²) in [7, 11) is 1.48. The van der Waals surface area contributed by atoms with Gasteiger partial charge in [0.05, 0.1) is 11.1 Å². The van der Waals surface area contributed by atoms with Crippen molar-refractivity contribution in [1.82, 2.24) is 0 Å². The Morgan fingerprint density at radius 3 is 2.67 bits per heavy atom. The third-order valence-corrected chi connectivity index (χ3v) is 4.15. The zero-order valence-electron chi connectivity index (χ0n) is 10.3. The Morgan fingerprint density at radius 1 is 1.61 bits per heavy atom. The van der Waals surface area contributed by atoms with Gasteiger partial charge in [-0.2, -0.15) is 0 Å². The molecular formula is C12H15BrClNO3. The van der Waals surface area contributed by atoms with Crippen molar-refractivity contribution in [2.24, 2.45) is 0 Å². The Morgan fingerprint density at radius 2 is 2.22 bits per heavy atom. The number of carbonyl (C=O) groups is 1. The third kappa shape index (κ3) is 3.16. The van der Waals surface area contributed by atoms with E-state index < -0.39 is 17.6 Å². The summed E-state index contributed by atoms with van der Waals surface area (Å²) >= 11 is 9.18. The lowest BCUT2D eigenvalue weighted by atomic mass is 9.95. The summed E-state index contributed by atoms with van der Waals surface area (Å²) in [6.07, 6.45) is -0.496. The van der Waals surface area contributed by atoms with E-state index >= 15 is 0 Å². The van der Waals surface area contributed by atoms with Crippen molar-refractivity contribution >= 4 is 39.2 Å². The van der Waals surface area contributed by atoms with Crippen LogP contribution in [-0.4, -0.2) is 29.8 Å². The summed E-state index contributed by atoms with van der Waals surface area (Å²) in [6.45, 7) is 3.28. The average molecular weight is 337 g/mol. The lowest BCUT2D eigenvalue weighted by molar-refractivity contribution is -0.146. The second kappa shape index (κ2) is 5.91. The molecular weight excluding hydrogens is 321 g/mol. The number of anilines is 1. The first kappa shape index (κ1) is 15.3. The van der Waals surface area contributed by atoms with E-state index in [4.69, 9.17) is 16.3 Å². The van der Waals surface area contributed by atoms with Crippen molar-refractivity contribution < 1.29 is 14.6 Å². The molecule has 2 N–H and O–H groups in total. The Balaban J connectivity index is 3.04. The van der Waals surface area contributed by atoms with Gasteiger partial charge in [-0.25, -0.2) is 4.79 Å². The summed E-state index contributed by atoms with van der Waals surface area (Å²) in [5, 5.41) is 12.9. The second-order valence-corrected chi connectivity index (χ2v) is 5.40. The maximum absolute atomic E-state index is 11.4. The molecule has 0 bridgehead atoms. The van der Waals surface area contributed by atoms with Crippen LogP contribution in [0.3, 0.4) is 0 Å². The fraction of sp³-hybridized carbons (Fsp3) is 0.417. The van der Waals surface area contributed by atoms with Gasteiger partial charge in [-0.1, -0.05) is 11.6 Å². The van der Waals surface area contributed by atoms with Crippen LogP contribution in [0.1, 0.15) is 13.8 Å².